The van der Waals surface area contributed by atoms with Crippen LogP contribution in [0.4, 0.5) is 20.2 Å². The molecule has 3 N–H and O–H groups in total. The van der Waals surface area contributed by atoms with Crippen molar-refractivity contribution in [3.05, 3.63) is 59.2 Å². The number of Topliss-reactive ketones (excluding diaryl/α,β-unsaturated/α-hetero) is 1. The van der Waals surface area contributed by atoms with Crippen LogP contribution >= 0.6 is 0 Å². The summed E-state index contributed by atoms with van der Waals surface area (Å²) >= 11 is 0. The maximum Gasteiger partial charge on any atom is 0.258 e. The smallest absolute Gasteiger partial charge is 0.258 e. The number of rotatable bonds is 3. The number of carbonyl (C=O) groups excluding carboxylic acids is 2. The molecule has 1 amide bonds. The summed E-state index contributed by atoms with van der Waals surface area (Å²) in [5.74, 6) is -2.88. The number of nitrogens with one attached hydrogen (secondary N) is 1. The molecule has 2 aromatic rings. The Hall–Kier alpha value is -2.76. The van der Waals surface area contributed by atoms with Crippen LogP contribution in [0.15, 0.2) is 36.4 Å². The highest BCUT2D eigenvalue weighted by molar-refractivity contribution is 6.05. The first kappa shape index (κ1) is 14.6. The molecule has 0 atom stereocenters. The SMILES string of the molecule is CC(=O)c1cccc(NC(=O)c2cc(N)c(F)cc2F)c1. The molecule has 0 aliphatic heterocycles. The van der Waals surface area contributed by atoms with Gasteiger partial charge in [0.05, 0.1) is 11.3 Å². The molecular weight excluding hydrogens is 278 g/mol. The lowest BCUT2D eigenvalue weighted by Gasteiger charge is -2.08. The zero-order valence-electron chi connectivity index (χ0n) is 11.1. The van der Waals surface area contributed by atoms with Crippen molar-refractivity contribution in [3.8, 4) is 0 Å². The highest BCUT2D eigenvalue weighted by Crippen LogP contribution is 2.19. The first-order valence-electron chi connectivity index (χ1n) is 6.05. The van der Waals surface area contributed by atoms with Crippen LogP contribution in [0, 0.1) is 11.6 Å². The van der Waals surface area contributed by atoms with Crippen LogP contribution < -0.4 is 11.1 Å². The summed E-state index contributed by atoms with van der Waals surface area (Å²) in [5, 5.41) is 2.43. The molecule has 0 aliphatic carbocycles. The maximum absolute atomic E-state index is 13.6. The Morgan fingerprint density at radius 3 is 2.48 bits per heavy atom. The first-order chi connectivity index (χ1) is 9.88. The molecule has 0 aromatic heterocycles. The van der Waals surface area contributed by atoms with Gasteiger partial charge < -0.3 is 11.1 Å². The molecule has 0 saturated carbocycles. The number of hydrogen-bond donors (Lipinski definition) is 2. The third kappa shape index (κ3) is 3.22. The third-order valence-corrected chi connectivity index (χ3v) is 2.86. The van der Waals surface area contributed by atoms with Crippen molar-refractivity contribution in [2.24, 2.45) is 0 Å². The average molecular weight is 290 g/mol. The Bertz CT molecular complexity index is 730. The predicted octanol–water partition coefficient (Wildman–Crippen LogP) is 3.00. The van der Waals surface area contributed by atoms with Crippen molar-refractivity contribution in [1.29, 1.82) is 0 Å². The van der Waals surface area contributed by atoms with E-state index in [0.29, 0.717) is 17.3 Å². The summed E-state index contributed by atoms with van der Waals surface area (Å²) in [5.41, 5.74) is 5.36. The van der Waals surface area contributed by atoms with Crippen LogP contribution in [-0.2, 0) is 0 Å². The molecule has 0 heterocycles. The molecule has 0 spiro atoms. The van der Waals surface area contributed by atoms with Crippen LogP contribution in [0.1, 0.15) is 27.6 Å². The van der Waals surface area contributed by atoms with Crippen molar-refractivity contribution < 1.29 is 18.4 Å². The third-order valence-electron chi connectivity index (χ3n) is 2.86. The molecule has 4 nitrogen and oxygen atoms in total. The molecule has 6 heteroatoms. The van der Waals surface area contributed by atoms with Crippen LogP contribution in [0.3, 0.4) is 0 Å². The second kappa shape index (κ2) is 5.70. The minimum Gasteiger partial charge on any atom is -0.396 e. The van der Waals surface area contributed by atoms with E-state index >= 15 is 0 Å². The lowest BCUT2D eigenvalue weighted by molar-refractivity contribution is 0.100. The number of benzene rings is 2. The van der Waals surface area contributed by atoms with Crippen LogP contribution in [0.2, 0.25) is 0 Å². The lowest BCUT2D eigenvalue weighted by atomic mass is 10.1. The number of ketones is 1. The molecule has 0 unspecified atom stereocenters. The van der Waals surface area contributed by atoms with Gasteiger partial charge in [0.15, 0.2) is 5.78 Å². The van der Waals surface area contributed by atoms with Gasteiger partial charge in [0.1, 0.15) is 11.6 Å². The Morgan fingerprint density at radius 1 is 1.10 bits per heavy atom. The number of amides is 1. The van der Waals surface area contributed by atoms with Gasteiger partial charge in [-0.25, -0.2) is 8.78 Å². The van der Waals surface area contributed by atoms with Gasteiger partial charge >= 0.3 is 0 Å². The minimum absolute atomic E-state index is 0.164. The molecule has 2 rings (SSSR count). The van der Waals surface area contributed by atoms with Gasteiger partial charge in [0, 0.05) is 17.3 Å². The van der Waals surface area contributed by atoms with Gasteiger partial charge in [-0.15, -0.1) is 0 Å². The fourth-order valence-corrected chi connectivity index (χ4v) is 1.75. The highest BCUT2D eigenvalue weighted by atomic mass is 19.1. The Balaban J connectivity index is 2.28. The summed E-state index contributed by atoms with van der Waals surface area (Å²) in [6.07, 6.45) is 0. The van der Waals surface area contributed by atoms with E-state index in [4.69, 9.17) is 5.73 Å². The Morgan fingerprint density at radius 2 is 1.81 bits per heavy atom. The van der Waals surface area contributed by atoms with Crippen molar-refractivity contribution in [1.82, 2.24) is 0 Å². The van der Waals surface area contributed by atoms with E-state index in [2.05, 4.69) is 5.32 Å². The molecule has 0 fully saturated rings. The molecule has 0 saturated heterocycles. The summed E-state index contributed by atoms with van der Waals surface area (Å²) in [7, 11) is 0. The second-order valence-corrected chi connectivity index (χ2v) is 4.44. The quantitative estimate of drug-likeness (QED) is 0.674. The van der Waals surface area contributed by atoms with Gasteiger partial charge in [-0.1, -0.05) is 12.1 Å². The molecule has 0 radical (unpaired) electrons. The van der Waals surface area contributed by atoms with E-state index < -0.39 is 17.5 Å². The van der Waals surface area contributed by atoms with Gasteiger partial charge in [0.2, 0.25) is 0 Å². The van der Waals surface area contributed by atoms with Gasteiger partial charge in [-0.05, 0) is 25.1 Å². The number of nitrogens with two attached hydrogens (primary N) is 1. The van der Waals surface area contributed by atoms with Crippen LogP contribution in [0.5, 0.6) is 0 Å². The van der Waals surface area contributed by atoms with Crippen molar-refractivity contribution >= 4 is 23.1 Å². The molecule has 2 aromatic carbocycles. The average Bonchev–Trinajstić information content (AvgIpc) is 2.43. The first-order valence-corrected chi connectivity index (χ1v) is 6.05. The van der Waals surface area contributed by atoms with Crippen molar-refractivity contribution in [2.75, 3.05) is 11.1 Å². The van der Waals surface area contributed by atoms with Crippen molar-refractivity contribution in [3.63, 3.8) is 0 Å². The van der Waals surface area contributed by atoms with Gasteiger partial charge in [-0.3, -0.25) is 9.59 Å². The van der Waals surface area contributed by atoms with E-state index in [1.54, 1.807) is 18.2 Å². The molecule has 21 heavy (non-hydrogen) atoms. The van der Waals surface area contributed by atoms with Crippen molar-refractivity contribution in [2.45, 2.75) is 6.92 Å². The number of hydrogen-bond acceptors (Lipinski definition) is 3. The zero-order valence-corrected chi connectivity index (χ0v) is 11.1. The second-order valence-electron chi connectivity index (χ2n) is 4.44. The fourth-order valence-electron chi connectivity index (χ4n) is 1.75. The molecular formula is C15H12F2N2O2. The van der Waals surface area contributed by atoms with E-state index in [1.165, 1.54) is 13.0 Å². The minimum atomic E-state index is -1.01. The Kier molecular flexibility index (Phi) is 3.98. The highest BCUT2D eigenvalue weighted by Gasteiger charge is 2.15. The normalized spacial score (nSPS) is 10.2. The summed E-state index contributed by atoms with van der Waals surface area (Å²) < 4.78 is 26.6. The van der Waals surface area contributed by atoms with E-state index in [9.17, 15) is 18.4 Å². The van der Waals surface area contributed by atoms with E-state index in [0.717, 1.165) is 6.07 Å². The van der Waals surface area contributed by atoms with E-state index in [-0.39, 0.29) is 17.0 Å². The number of anilines is 2. The van der Waals surface area contributed by atoms with Crippen LogP contribution in [-0.4, -0.2) is 11.7 Å². The largest absolute Gasteiger partial charge is 0.396 e. The fraction of sp³-hybridized carbons (Fsp3) is 0.0667. The molecule has 108 valence electrons. The van der Waals surface area contributed by atoms with Gasteiger partial charge in [0.25, 0.3) is 5.91 Å². The van der Waals surface area contributed by atoms with E-state index in [1.807, 2.05) is 0 Å². The van der Waals surface area contributed by atoms with Gasteiger partial charge in [-0.2, -0.15) is 0 Å². The summed E-state index contributed by atoms with van der Waals surface area (Å²) in [4.78, 5) is 23.2. The number of halogens is 2. The number of nitrogen functional groups attached to an aromatic ring is 1. The standard InChI is InChI=1S/C15H12F2N2O2/c1-8(20)9-3-2-4-10(5-9)19-15(21)11-6-14(18)13(17)7-12(11)16/h2-7H,18H2,1H3,(H,19,21). The molecule has 0 aliphatic rings. The predicted molar refractivity (Wildman–Crippen MR) is 75.2 cm³/mol. The van der Waals surface area contributed by atoms with Crippen LogP contribution in [0.25, 0.3) is 0 Å². The molecule has 0 bridgehead atoms. The summed E-state index contributed by atoms with van der Waals surface area (Å²) in [6.45, 7) is 1.39. The monoisotopic (exact) mass is 290 g/mol. The lowest BCUT2D eigenvalue weighted by Crippen LogP contribution is -2.15. The summed E-state index contributed by atoms with van der Waals surface area (Å²) in [6, 6.07) is 7.67. The maximum atomic E-state index is 13.6. The number of carbonyl (C=O) groups is 2. The Labute approximate surface area is 119 Å². The zero-order chi connectivity index (χ0) is 15.6. The topological polar surface area (TPSA) is 72.2 Å².